The summed E-state index contributed by atoms with van der Waals surface area (Å²) in [5, 5.41) is 11.9. The van der Waals surface area contributed by atoms with E-state index >= 15 is 0 Å². The first-order chi connectivity index (χ1) is 8.27. The van der Waals surface area contributed by atoms with Crippen LogP contribution in [-0.4, -0.2) is 34.0 Å². The van der Waals surface area contributed by atoms with Gasteiger partial charge in [-0.3, -0.25) is 9.69 Å². The van der Waals surface area contributed by atoms with Crippen LogP contribution in [0.25, 0.3) is 0 Å². The summed E-state index contributed by atoms with van der Waals surface area (Å²) >= 11 is 1.56. The summed E-state index contributed by atoms with van der Waals surface area (Å²) in [6.07, 6.45) is 6.77. The number of carboxylic acid groups (broad SMARTS) is 1. The second-order valence-electron chi connectivity index (χ2n) is 4.43. The number of aromatic nitrogens is 1. The Morgan fingerprint density at radius 2 is 2.12 bits per heavy atom. The highest BCUT2D eigenvalue weighted by Gasteiger charge is 2.25. The fourth-order valence-electron chi connectivity index (χ4n) is 2.34. The zero-order valence-electron chi connectivity index (χ0n) is 9.84. The van der Waals surface area contributed by atoms with Crippen LogP contribution in [0, 0.1) is 0 Å². The van der Waals surface area contributed by atoms with Crippen LogP contribution in [-0.2, 0) is 4.79 Å². The second-order valence-corrected chi connectivity index (χ2v) is 5.36. The molecule has 0 amide bonds. The molecule has 94 valence electrons. The minimum atomic E-state index is -0.741. The van der Waals surface area contributed by atoms with Crippen molar-refractivity contribution >= 4 is 17.3 Å². The Kier molecular flexibility index (Phi) is 4.50. The standard InChI is InChI=1S/C12H18N2O2S/c15-11(16)9-10(12-13-5-8-17-12)14-6-3-1-2-4-7-14/h5,8,10H,1-4,6-7,9H2,(H,15,16). The predicted molar refractivity (Wildman–Crippen MR) is 67.1 cm³/mol. The molecular weight excluding hydrogens is 236 g/mol. The van der Waals surface area contributed by atoms with Crippen LogP contribution in [0.4, 0.5) is 0 Å². The van der Waals surface area contributed by atoms with E-state index in [2.05, 4.69) is 9.88 Å². The van der Waals surface area contributed by atoms with Gasteiger partial charge in [-0.2, -0.15) is 0 Å². The lowest BCUT2D eigenvalue weighted by Gasteiger charge is -2.27. The van der Waals surface area contributed by atoms with Crippen molar-refractivity contribution in [1.82, 2.24) is 9.88 Å². The molecule has 1 unspecified atom stereocenters. The van der Waals surface area contributed by atoms with Gasteiger partial charge in [-0.1, -0.05) is 12.8 Å². The van der Waals surface area contributed by atoms with Crippen LogP contribution < -0.4 is 0 Å². The number of nitrogens with zero attached hydrogens (tertiary/aromatic N) is 2. The molecule has 2 rings (SSSR count). The van der Waals surface area contributed by atoms with E-state index in [1.165, 1.54) is 25.7 Å². The first-order valence-corrected chi connectivity index (χ1v) is 7.00. The van der Waals surface area contributed by atoms with Gasteiger partial charge in [0.2, 0.25) is 0 Å². The molecule has 4 nitrogen and oxygen atoms in total. The quantitative estimate of drug-likeness (QED) is 0.897. The zero-order chi connectivity index (χ0) is 12.1. The van der Waals surface area contributed by atoms with E-state index in [1.807, 2.05) is 5.38 Å². The lowest BCUT2D eigenvalue weighted by Crippen LogP contribution is -2.31. The Balaban J connectivity index is 2.10. The number of carboxylic acids is 1. The van der Waals surface area contributed by atoms with Crippen molar-refractivity contribution in [3.63, 3.8) is 0 Å². The fourth-order valence-corrected chi connectivity index (χ4v) is 3.12. The highest BCUT2D eigenvalue weighted by atomic mass is 32.1. The maximum Gasteiger partial charge on any atom is 0.305 e. The summed E-state index contributed by atoms with van der Waals surface area (Å²) in [5.74, 6) is -0.741. The van der Waals surface area contributed by atoms with Gasteiger partial charge in [-0.05, 0) is 25.9 Å². The number of hydrogen-bond acceptors (Lipinski definition) is 4. The summed E-state index contributed by atoms with van der Waals surface area (Å²) in [6, 6.07) is -0.0365. The van der Waals surface area contributed by atoms with E-state index < -0.39 is 5.97 Å². The van der Waals surface area contributed by atoms with E-state index in [0.717, 1.165) is 18.1 Å². The number of rotatable bonds is 4. The van der Waals surface area contributed by atoms with E-state index in [-0.39, 0.29) is 12.5 Å². The average Bonchev–Trinajstić information content (AvgIpc) is 2.68. The van der Waals surface area contributed by atoms with Crippen molar-refractivity contribution in [3.05, 3.63) is 16.6 Å². The second kappa shape index (κ2) is 6.12. The van der Waals surface area contributed by atoms with Gasteiger partial charge in [0, 0.05) is 11.6 Å². The molecule has 2 heterocycles. The first kappa shape index (κ1) is 12.5. The average molecular weight is 254 g/mol. The molecule has 17 heavy (non-hydrogen) atoms. The third-order valence-electron chi connectivity index (χ3n) is 3.19. The van der Waals surface area contributed by atoms with Gasteiger partial charge in [0.1, 0.15) is 5.01 Å². The Labute approximate surface area is 105 Å². The largest absolute Gasteiger partial charge is 0.481 e. The summed E-state index contributed by atoms with van der Waals surface area (Å²) < 4.78 is 0. The molecule has 1 aromatic rings. The Morgan fingerprint density at radius 1 is 1.41 bits per heavy atom. The molecule has 5 heteroatoms. The van der Waals surface area contributed by atoms with Crippen molar-refractivity contribution in [2.45, 2.75) is 38.1 Å². The molecule has 1 N–H and O–H groups in total. The van der Waals surface area contributed by atoms with Crippen LogP contribution in [0.2, 0.25) is 0 Å². The number of aliphatic carboxylic acids is 1. The lowest BCUT2D eigenvalue weighted by molar-refractivity contribution is -0.138. The zero-order valence-corrected chi connectivity index (χ0v) is 10.7. The first-order valence-electron chi connectivity index (χ1n) is 6.12. The smallest absolute Gasteiger partial charge is 0.305 e. The number of thiazole rings is 1. The Bertz CT molecular complexity index is 345. The van der Waals surface area contributed by atoms with Crippen LogP contribution in [0.1, 0.15) is 43.2 Å². The monoisotopic (exact) mass is 254 g/mol. The third-order valence-corrected chi connectivity index (χ3v) is 4.06. The van der Waals surface area contributed by atoms with Gasteiger partial charge in [-0.25, -0.2) is 4.98 Å². The van der Waals surface area contributed by atoms with Crippen molar-refractivity contribution in [2.75, 3.05) is 13.1 Å². The molecule has 0 aliphatic carbocycles. The maximum absolute atomic E-state index is 11.0. The van der Waals surface area contributed by atoms with Crippen LogP contribution in [0.3, 0.4) is 0 Å². The minimum Gasteiger partial charge on any atom is -0.481 e. The number of carbonyl (C=O) groups is 1. The fraction of sp³-hybridized carbons (Fsp3) is 0.667. The van der Waals surface area contributed by atoms with E-state index in [4.69, 9.17) is 5.11 Å². The van der Waals surface area contributed by atoms with E-state index in [1.54, 1.807) is 17.5 Å². The van der Waals surface area contributed by atoms with Gasteiger partial charge in [0.25, 0.3) is 0 Å². The molecular formula is C12H18N2O2S. The van der Waals surface area contributed by atoms with Crippen molar-refractivity contribution in [3.8, 4) is 0 Å². The summed E-state index contributed by atoms with van der Waals surface area (Å²) in [6.45, 7) is 2.00. The lowest BCUT2D eigenvalue weighted by atomic mass is 10.1. The number of likely N-dealkylation sites (tertiary alicyclic amines) is 1. The maximum atomic E-state index is 11.0. The highest BCUT2D eigenvalue weighted by Crippen LogP contribution is 2.28. The highest BCUT2D eigenvalue weighted by molar-refractivity contribution is 7.09. The summed E-state index contributed by atoms with van der Waals surface area (Å²) in [5.41, 5.74) is 0. The normalized spacial score (nSPS) is 19.8. The molecule has 1 atom stereocenters. The van der Waals surface area contributed by atoms with Gasteiger partial charge >= 0.3 is 5.97 Å². The van der Waals surface area contributed by atoms with E-state index in [0.29, 0.717) is 0 Å². The van der Waals surface area contributed by atoms with Gasteiger partial charge in [-0.15, -0.1) is 11.3 Å². The van der Waals surface area contributed by atoms with Crippen molar-refractivity contribution < 1.29 is 9.90 Å². The topological polar surface area (TPSA) is 53.4 Å². The Morgan fingerprint density at radius 3 is 2.65 bits per heavy atom. The molecule has 0 bridgehead atoms. The molecule has 1 saturated heterocycles. The van der Waals surface area contributed by atoms with Crippen LogP contribution in [0.5, 0.6) is 0 Å². The molecule has 0 aromatic carbocycles. The van der Waals surface area contributed by atoms with Gasteiger partial charge in [0.05, 0.1) is 12.5 Å². The molecule has 1 aromatic heterocycles. The molecule has 1 aliphatic heterocycles. The third kappa shape index (κ3) is 3.51. The molecule has 1 fully saturated rings. The van der Waals surface area contributed by atoms with Gasteiger partial charge in [0.15, 0.2) is 0 Å². The molecule has 0 spiro atoms. The summed E-state index contributed by atoms with van der Waals surface area (Å²) in [4.78, 5) is 17.6. The Hall–Kier alpha value is -0.940. The van der Waals surface area contributed by atoms with Crippen LogP contribution in [0.15, 0.2) is 11.6 Å². The predicted octanol–water partition coefficient (Wildman–Crippen LogP) is 2.53. The minimum absolute atomic E-state index is 0.0365. The molecule has 1 aliphatic rings. The van der Waals surface area contributed by atoms with Crippen LogP contribution >= 0.6 is 11.3 Å². The molecule has 0 radical (unpaired) electrons. The van der Waals surface area contributed by atoms with E-state index in [9.17, 15) is 4.79 Å². The SMILES string of the molecule is O=C(O)CC(c1nccs1)N1CCCCCC1. The van der Waals surface area contributed by atoms with Crippen molar-refractivity contribution in [2.24, 2.45) is 0 Å². The molecule has 0 saturated carbocycles. The van der Waals surface area contributed by atoms with Gasteiger partial charge < -0.3 is 5.11 Å². The summed E-state index contributed by atoms with van der Waals surface area (Å²) in [7, 11) is 0. The number of hydrogen-bond donors (Lipinski definition) is 1. The van der Waals surface area contributed by atoms with Crippen molar-refractivity contribution in [1.29, 1.82) is 0 Å².